The Kier molecular flexibility index (Phi) is 5.14. The van der Waals surface area contributed by atoms with E-state index in [0.29, 0.717) is 6.54 Å². The quantitative estimate of drug-likeness (QED) is 0.667. The molecular formula is C20H21FN2O2. The number of benzene rings is 2. The Morgan fingerprint density at radius 3 is 2.56 bits per heavy atom. The van der Waals surface area contributed by atoms with Crippen LogP contribution in [0.3, 0.4) is 0 Å². The summed E-state index contributed by atoms with van der Waals surface area (Å²) in [6.45, 7) is 2.73. The van der Waals surface area contributed by atoms with Crippen molar-refractivity contribution in [3.63, 3.8) is 0 Å². The molecular weight excluding hydrogens is 319 g/mol. The van der Waals surface area contributed by atoms with Gasteiger partial charge in [0.15, 0.2) is 11.6 Å². The van der Waals surface area contributed by atoms with Gasteiger partial charge >= 0.3 is 0 Å². The molecule has 1 unspecified atom stereocenters. The van der Waals surface area contributed by atoms with Gasteiger partial charge in [-0.25, -0.2) is 9.37 Å². The highest BCUT2D eigenvalue weighted by molar-refractivity contribution is 5.71. The molecule has 0 saturated carbocycles. The van der Waals surface area contributed by atoms with Gasteiger partial charge in [-0.3, -0.25) is 0 Å². The first-order valence-corrected chi connectivity index (χ1v) is 8.10. The van der Waals surface area contributed by atoms with Crippen LogP contribution in [0.4, 0.5) is 4.39 Å². The first-order chi connectivity index (χ1) is 12.1. The van der Waals surface area contributed by atoms with Crippen molar-refractivity contribution in [2.45, 2.75) is 19.6 Å². The third kappa shape index (κ3) is 3.72. The molecule has 1 heterocycles. The van der Waals surface area contributed by atoms with E-state index in [1.165, 1.54) is 13.2 Å². The molecule has 3 aromatic rings. The van der Waals surface area contributed by atoms with Gasteiger partial charge in [-0.1, -0.05) is 24.3 Å². The molecule has 25 heavy (non-hydrogen) atoms. The summed E-state index contributed by atoms with van der Waals surface area (Å²) in [6.07, 6.45) is 3.80. The second-order valence-corrected chi connectivity index (χ2v) is 5.88. The van der Waals surface area contributed by atoms with Gasteiger partial charge < -0.3 is 14.0 Å². The highest BCUT2D eigenvalue weighted by atomic mass is 19.1. The molecule has 1 aromatic heterocycles. The molecule has 0 aliphatic carbocycles. The molecule has 0 amide bonds. The van der Waals surface area contributed by atoms with Crippen molar-refractivity contribution >= 4 is 0 Å². The summed E-state index contributed by atoms with van der Waals surface area (Å²) in [6, 6.07) is 12.9. The first-order valence-electron chi connectivity index (χ1n) is 8.10. The summed E-state index contributed by atoms with van der Waals surface area (Å²) < 4.78 is 26.4. The van der Waals surface area contributed by atoms with Gasteiger partial charge in [0.25, 0.3) is 0 Å². The largest absolute Gasteiger partial charge is 0.494 e. The number of imidazole rings is 1. The molecule has 0 bridgehead atoms. The zero-order valence-electron chi connectivity index (χ0n) is 14.6. The number of ether oxygens (including phenoxy) is 2. The fourth-order valence-corrected chi connectivity index (χ4v) is 2.75. The van der Waals surface area contributed by atoms with E-state index in [-0.39, 0.29) is 17.7 Å². The van der Waals surface area contributed by atoms with Crippen LogP contribution < -0.4 is 4.74 Å². The predicted molar refractivity (Wildman–Crippen MR) is 96.1 cm³/mol. The first kappa shape index (κ1) is 17.2. The van der Waals surface area contributed by atoms with Gasteiger partial charge in [-0.15, -0.1) is 0 Å². The summed E-state index contributed by atoms with van der Waals surface area (Å²) in [5.41, 5.74) is 2.69. The number of nitrogens with zero attached hydrogens (tertiary/aromatic N) is 2. The average Bonchev–Trinajstić information content (AvgIpc) is 3.09. The maximum absolute atomic E-state index is 14.0. The van der Waals surface area contributed by atoms with Crippen LogP contribution in [0.15, 0.2) is 54.9 Å². The Balaban J connectivity index is 1.95. The van der Waals surface area contributed by atoms with E-state index >= 15 is 0 Å². The second-order valence-electron chi connectivity index (χ2n) is 5.88. The molecule has 1 atom stereocenters. The fraction of sp³-hybridized carbons (Fsp3) is 0.250. The lowest BCUT2D eigenvalue weighted by Gasteiger charge is -2.13. The van der Waals surface area contributed by atoms with Gasteiger partial charge in [0, 0.05) is 25.1 Å². The molecule has 0 aliphatic heterocycles. The molecule has 3 rings (SSSR count). The van der Waals surface area contributed by atoms with Crippen LogP contribution in [-0.4, -0.2) is 29.9 Å². The topological polar surface area (TPSA) is 36.3 Å². The van der Waals surface area contributed by atoms with Gasteiger partial charge in [-0.2, -0.15) is 0 Å². The van der Waals surface area contributed by atoms with E-state index in [9.17, 15) is 4.39 Å². The van der Waals surface area contributed by atoms with Crippen molar-refractivity contribution in [2.24, 2.45) is 0 Å². The van der Waals surface area contributed by atoms with Crippen LogP contribution in [0.25, 0.3) is 22.5 Å². The maximum Gasteiger partial charge on any atom is 0.165 e. The molecule has 2 aromatic carbocycles. The smallest absolute Gasteiger partial charge is 0.165 e. The van der Waals surface area contributed by atoms with E-state index in [4.69, 9.17) is 9.47 Å². The highest BCUT2D eigenvalue weighted by Gasteiger charge is 2.11. The molecule has 0 N–H and O–H groups in total. The van der Waals surface area contributed by atoms with E-state index in [1.807, 2.05) is 43.5 Å². The monoisotopic (exact) mass is 340 g/mol. The third-order valence-electron chi connectivity index (χ3n) is 4.18. The number of aromatic nitrogens is 2. The van der Waals surface area contributed by atoms with Gasteiger partial charge in [0.05, 0.1) is 19.8 Å². The Hall–Kier alpha value is -2.66. The van der Waals surface area contributed by atoms with Gasteiger partial charge in [0.1, 0.15) is 5.82 Å². The van der Waals surface area contributed by atoms with Crippen LogP contribution in [0, 0.1) is 5.82 Å². The van der Waals surface area contributed by atoms with Crippen molar-refractivity contribution in [1.29, 1.82) is 0 Å². The molecule has 0 saturated heterocycles. The van der Waals surface area contributed by atoms with Crippen LogP contribution >= 0.6 is 0 Å². The maximum atomic E-state index is 14.0. The Labute approximate surface area is 146 Å². The molecule has 5 heteroatoms. The average molecular weight is 340 g/mol. The van der Waals surface area contributed by atoms with E-state index in [1.54, 1.807) is 19.4 Å². The minimum Gasteiger partial charge on any atom is -0.494 e. The third-order valence-corrected chi connectivity index (χ3v) is 4.18. The zero-order chi connectivity index (χ0) is 17.8. The second kappa shape index (κ2) is 7.49. The predicted octanol–water partition coefficient (Wildman–Crippen LogP) is 4.40. The SMILES string of the molecule is COc1ccc(-c2cccc(-c3nccn3CC(C)OC)c2)cc1F. The highest BCUT2D eigenvalue weighted by Crippen LogP contribution is 2.28. The summed E-state index contributed by atoms with van der Waals surface area (Å²) in [4.78, 5) is 4.47. The summed E-state index contributed by atoms with van der Waals surface area (Å²) >= 11 is 0. The van der Waals surface area contributed by atoms with E-state index in [2.05, 4.69) is 9.55 Å². The Morgan fingerprint density at radius 2 is 1.84 bits per heavy atom. The fourth-order valence-electron chi connectivity index (χ4n) is 2.75. The molecule has 130 valence electrons. The molecule has 0 fully saturated rings. The lowest BCUT2D eigenvalue weighted by Crippen LogP contribution is -2.14. The van der Waals surface area contributed by atoms with Crippen molar-refractivity contribution < 1.29 is 13.9 Å². The summed E-state index contributed by atoms with van der Waals surface area (Å²) in [5, 5.41) is 0. The van der Waals surface area contributed by atoms with Crippen molar-refractivity contribution in [3.05, 3.63) is 60.7 Å². The lowest BCUT2D eigenvalue weighted by atomic mass is 10.0. The van der Waals surface area contributed by atoms with E-state index in [0.717, 1.165) is 22.5 Å². The number of hydrogen-bond donors (Lipinski definition) is 0. The summed E-state index contributed by atoms with van der Waals surface area (Å²) in [5.74, 6) is 0.726. The lowest BCUT2D eigenvalue weighted by molar-refractivity contribution is 0.103. The number of hydrogen-bond acceptors (Lipinski definition) is 3. The number of halogens is 1. The molecule has 0 radical (unpaired) electrons. The normalized spacial score (nSPS) is 12.2. The minimum atomic E-state index is -0.374. The standard InChI is InChI=1S/C20H21FN2O2/c1-14(24-2)13-23-10-9-22-20(23)17-6-4-5-15(11-17)16-7-8-19(25-3)18(21)12-16/h4-12,14H,13H2,1-3H3. The zero-order valence-corrected chi connectivity index (χ0v) is 14.6. The van der Waals surface area contributed by atoms with Crippen molar-refractivity contribution in [2.75, 3.05) is 14.2 Å². The number of rotatable bonds is 6. The van der Waals surface area contributed by atoms with Crippen molar-refractivity contribution in [1.82, 2.24) is 9.55 Å². The van der Waals surface area contributed by atoms with Crippen LogP contribution in [0.5, 0.6) is 5.75 Å². The van der Waals surface area contributed by atoms with Gasteiger partial charge in [-0.05, 0) is 36.2 Å². The van der Waals surface area contributed by atoms with Crippen molar-refractivity contribution in [3.8, 4) is 28.3 Å². The molecule has 0 spiro atoms. The van der Waals surface area contributed by atoms with Crippen LogP contribution in [0.2, 0.25) is 0 Å². The summed E-state index contributed by atoms with van der Waals surface area (Å²) in [7, 11) is 3.15. The molecule has 0 aliphatic rings. The van der Waals surface area contributed by atoms with Crippen LogP contribution in [-0.2, 0) is 11.3 Å². The van der Waals surface area contributed by atoms with Crippen LogP contribution in [0.1, 0.15) is 6.92 Å². The minimum absolute atomic E-state index is 0.0896. The number of methoxy groups -OCH3 is 2. The molecule has 4 nitrogen and oxygen atoms in total. The van der Waals surface area contributed by atoms with Gasteiger partial charge in [0.2, 0.25) is 0 Å². The van der Waals surface area contributed by atoms with E-state index < -0.39 is 0 Å². The Bertz CT molecular complexity index is 860. The Morgan fingerprint density at radius 1 is 1.08 bits per heavy atom.